The molecule has 0 saturated heterocycles. The quantitative estimate of drug-likeness (QED) is 0.848. The molecule has 6 heteroatoms. The van der Waals surface area contributed by atoms with Crippen LogP contribution in [0.5, 0.6) is 0 Å². The van der Waals surface area contributed by atoms with Gasteiger partial charge in [0, 0.05) is 22.6 Å². The molecule has 1 N–H and O–H groups in total. The Morgan fingerprint density at radius 1 is 1.61 bits per heavy atom. The monoisotopic (exact) mass is 285 g/mol. The molecule has 0 fully saturated rings. The summed E-state index contributed by atoms with van der Waals surface area (Å²) in [6.07, 6.45) is 0.742. The summed E-state index contributed by atoms with van der Waals surface area (Å²) in [4.78, 5) is 16.9. The molecule has 0 unspecified atom stereocenters. The number of halogens is 1. The van der Waals surface area contributed by atoms with Crippen LogP contribution in [0, 0.1) is 6.92 Å². The van der Waals surface area contributed by atoms with Gasteiger partial charge in [-0.15, -0.1) is 11.8 Å². The van der Waals surface area contributed by atoms with Crippen LogP contribution in [0.2, 0.25) is 5.02 Å². The largest absolute Gasteiger partial charge is 0.478 e. The van der Waals surface area contributed by atoms with Crippen LogP contribution < -0.4 is 0 Å². The molecule has 0 spiro atoms. The minimum absolute atomic E-state index is 0.213. The normalized spacial score (nSPS) is 16.5. The van der Waals surface area contributed by atoms with Gasteiger partial charge in [0.15, 0.2) is 0 Å². The second-order valence-electron chi connectivity index (χ2n) is 3.86. The fourth-order valence-corrected chi connectivity index (χ4v) is 3.49. The fraction of sp³-hybridized carbons (Fsp3) is 0.333. The maximum Gasteiger partial charge on any atom is 0.336 e. The van der Waals surface area contributed by atoms with E-state index in [1.54, 1.807) is 18.7 Å². The molecule has 96 valence electrons. The van der Waals surface area contributed by atoms with E-state index >= 15 is 0 Å². The maximum atomic E-state index is 11.2. The Morgan fingerprint density at radius 2 is 2.33 bits per heavy atom. The summed E-state index contributed by atoms with van der Waals surface area (Å²) < 4.78 is 0. The van der Waals surface area contributed by atoms with Crippen LogP contribution >= 0.6 is 23.4 Å². The molecule has 4 nitrogen and oxygen atoms in total. The molecule has 0 aliphatic carbocycles. The van der Waals surface area contributed by atoms with Crippen LogP contribution in [-0.4, -0.2) is 29.7 Å². The molecule has 0 bridgehead atoms. The molecule has 0 amide bonds. The Bertz CT molecular complexity index is 543. The topological polar surface area (TPSA) is 58.9 Å². The zero-order valence-corrected chi connectivity index (χ0v) is 11.6. The lowest BCUT2D eigenvalue weighted by atomic mass is 9.97. The molecular weight excluding hydrogens is 274 g/mol. The van der Waals surface area contributed by atoms with E-state index in [9.17, 15) is 9.90 Å². The Hall–Kier alpha value is -1.20. The van der Waals surface area contributed by atoms with E-state index in [1.807, 2.05) is 0 Å². The first-order valence-corrected chi connectivity index (χ1v) is 6.72. The number of hydrogen-bond acceptors (Lipinski definition) is 4. The number of rotatable bonds is 2. The van der Waals surface area contributed by atoms with Crippen LogP contribution in [0.15, 0.2) is 16.1 Å². The maximum absolute atomic E-state index is 11.2. The number of nitrogens with zero attached hydrogens (tertiary/aromatic N) is 1. The average Bonchev–Trinajstić information content (AvgIpc) is 2.33. The smallest absolute Gasteiger partial charge is 0.336 e. The standard InChI is InChI=1S/C12H12ClNO3S/c1-6-7(12(15)16)5-8(13)11-10(6)9(14-17-2)3-4-18-11/h5H,3-4H2,1-2H3,(H,15,16)/b14-9+. The lowest BCUT2D eigenvalue weighted by molar-refractivity contribution is 0.0696. The first-order valence-electron chi connectivity index (χ1n) is 5.35. The first kappa shape index (κ1) is 13.2. The van der Waals surface area contributed by atoms with Crippen molar-refractivity contribution in [1.82, 2.24) is 0 Å². The second-order valence-corrected chi connectivity index (χ2v) is 5.37. The number of oxime groups is 1. The molecule has 0 atom stereocenters. The van der Waals surface area contributed by atoms with Gasteiger partial charge in [-0.2, -0.15) is 0 Å². The SMILES string of the molecule is CO/N=C1\CCSc2c(Cl)cc(C(=O)O)c(C)c21. The molecule has 1 aliphatic heterocycles. The molecule has 1 heterocycles. The summed E-state index contributed by atoms with van der Waals surface area (Å²) in [5.41, 5.74) is 2.46. The minimum Gasteiger partial charge on any atom is -0.478 e. The number of carboxylic acids is 1. The second kappa shape index (κ2) is 5.20. The van der Waals surface area contributed by atoms with Gasteiger partial charge in [0.25, 0.3) is 0 Å². The van der Waals surface area contributed by atoms with Crippen LogP contribution in [0.1, 0.15) is 27.9 Å². The van der Waals surface area contributed by atoms with E-state index in [0.29, 0.717) is 10.6 Å². The van der Waals surface area contributed by atoms with Gasteiger partial charge in [-0.05, 0) is 18.6 Å². The zero-order valence-electron chi connectivity index (χ0n) is 9.99. The van der Waals surface area contributed by atoms with Gasteiger partial charge in [0.05, 0.1) is 16.3 Å². The van der Waals surface area contributed by atoms with Gasteiger partial charge in [0.1, 0.15) is 7.11 Å². The molecule has 2 rings (SSSR count). The van der Waals surface area contributed by atoms with Crippen molar-refractivity contribution < 1.29 is 14.7 Å². The number of aromatic carboxylic acids is 1. The minimum atomic E-state index is -0.982. The van der Waals surface area contributed by atoms with Crippen molar-refractivity contribution in [2.75, 3.05) is 12.9 Å². The average molecular weight is 286 g/mol. The molecule has 18 heavy (non-hydrogen) atoms. The third-order valence-corrected chi connectivity index (χ3v) is 4.33. The van der Waals surface area contributed by atoms with Gasteiger partial charge in [-0.3, -0.25) is 0 Å². The fourth-order valence-electron chi connectivity index (χ4n) is 2.01. The molecular formula is C12H12ClNO3S. The van der Waals surface area contributed by atoms with E-state index in [0.717, 1.165) is 28.3 Å². The molecule has 1 aromatic carbocycles. The lowest BCUT2D eigenvalue weighted by Gasteiger charge is -2.21. The predicted molar refractivity (Wildman–Crippen MR) is 72.0 cm³/mol. The van der Waals surface area contributed by atoms with Crippen molar-refractivity contribution in [3.8, 4) is 0 Å². The summed E-state index contributed by atoms with van der Waals surface area (Å²) in [5.74, 6) is -0.120. The third-order valence-electron chi connectivity index (χ3n) is 2.80. The van der Waals surface area contributed by atoms with Crippen molar-refractivity contribution in [2.24, 2.45) is 5.16 Å². The number of carboxylic acid groups (broad SMARTS) is 1. The van der Waals surface area contributed by atoms with Crippen LogP contribution in [-0.2, 0) is 4.84 Å². The summed E-state index contributed by atoms with van der Waals surface area (Å²) in [5, 5.41) is 13.6. The number of carbonyl (C=O) groups is 1. The van der Waals surface area contributed by atoms with Gasteiger partial charge in [0.2, 0.25) is 0 Å². The van der Waals surface area contributed by atoms with E-state index in [2.05, 4.69) is 5.16 Å². The Morgan fingerprint density at radius 3 is 2.94 bits per heavy atom. The highest BCUT2D eigenvalue weighted by atomic mass is 35.5. The molecule has 0 aromatic heterocycles. The molecule has 0 radical (unpaired) electrons. The highest BCUT2D eigenvalue weighted by molar-refractivity contribution is 7.99. The molecule has 0 saturated carbocycles. The van der Waals surface area contributed by atoms with E-state index in [4.69, 9.17) is 16.4 Å². The summed E-state index contributed by atoms with van der Waals surface area (Å²) >= 11 is 7.77. The number of fused-ring (bicyclic) bond motifs is 1. The van der Waals surface area contributed by atoms with Gasteiger partial charge in [-0.25, -0.2) is 4.79 Å². The Kier molecular flexibility index (Phi) is 3.82. The van der Waals surface area contributed by atoms with Crippen molar-refractivity contribution >= 4 is 35.0 Å². The van der Waals surface area contributed by atoms with Crippen molar-refractivity contribution in [2.45, 2.75) is 18.2 Å². The van der Waals surface area contributed by atoms with Crippen LogP contribution in [0.4, 0.5) is 0 Å². The van der Waals surface area contributed by atoms with Gasteiger partial charge < -0.3 is 9.94 Å². The van der Waals surface area contributed by atoms with Crippen molar-refractivity contribution in [3.63, 3.8) is 0 Å². The molecule has 1 aromatic rings. The van der Waals surface area contributed by atoms with Gasteiger partial charge >= 0.3 is 5.97 Å². The summed E-state index contributed by atoms with van der Waals surface area (Å²) in [7, 11) is 1.48. The predicted octanol–water partition coefficient (Wildman–Crippen LogP) is 3.19. The zero-order chi connectivity index (χ0) is 13.3. The lowest BCUT2D eigenvalue weighted by Crippen LogP contribution is -2.15. The highest BCUT2D eigenvalue weighted by Gasteiger charge is 2.25. The number of hydrogen-bond donors (Lipinski definition) is 1. The number of benzene rings is 1. The van der Waals surface area contributed by atoms with Crippen LogP contribution in [0.25, 0.3) is 0 Å². The highest BCUT2D eigenvalue weighted by Crippen LogP contribution is 2.39. The van der Waals surface area contributed by atoms with E-state index in [-0.39, 0.29) is 5.56 Å². The Balaban J connectivity index is 2.71. The number of thioether (sulfide) groups is 1. The van der Waals surface area contributed by atoms with Crippen molar-refractivity contribution in [3.05, 3.63) is 27.8 Å². The molecule has 1 aliphatic rings. The summed E-state index contributed by atoms with van der Waals surface area (Å²) in [6.45, 7) is 1.77. The van der Waals surface area contributed by atoms with E-state index in [1.165, 1.54) is 13.2 Å². The van der Waals surface area contributed by atoms with Crippen molar-refractivity contribution in [1.29, 1.82) is 0 Å². The van der Waals surface area contributed by atoms with Gasteiger partial charge in [-0.1, -0.05) is 16.8 Å². The summed E-state index contributed by atoms with van der Waals surface area (Å²) in [6, 6.07) is 1.50. The van der Waals surface area contributed by atoms with E-state index < -0.39 is 5.97 Å². The van der Waals surface area contributed by atoms with Crippen LogP contribution in [0.3, 0.4) is 0 Å². The third kappa shape index (κ3) is 2.20. The first-order chi connectivity index (χ1) is 8.56. The Labute approximate surface area is 114 Å².